The largest absolute Gasteiger partial charge is 0.152 e. The maximum atomic E-state index is 6.60. The maximum Gasteiger partial charge on any atom is 0.0849 e. The first-order chi connectivity index (χ1) is 8.77. The Labute approximate surface area is 123 Å². The van der Waals surface area contributed by atoms with Gasteiger partial charge in [-0.1, -0.05) is 46.3 Å². The lowest BCUT2D eigenvalue weighted by molar-refractivity contribution is 1.17. The predicted octanol–water partition coefficient (Wildman–Crippen LogP) is 5.99. The number of alkyl halides is 1. The minimum atomic E-state index is -0.0887. The van der Waals surface area contributed by atoms with Gasteiger partial charge in [0.15, 0.2) is 0 Å². The van der Waals surface area contributed by atoms with Crippen LogP contribution in [0.25, 0.3) is 10.8 Å². The Morgan fingerprint density at radius 3 is 2.50 bits per heavy atom. The molecule has 18 heavy (non-hydrogen) atoms. The number of thiophene rings is 1. The molecular formula is C15H10BrClS. The summed E-state index contributed by atoms with van der Waals surface area (Å²) in [6, 6.07) is 14.6. The summed E-state index contributed by atoms with van der Waals surface area (Å²) in [5.74, 6) is 0. The lowest BCUT2D eigenvalue weighted by atomic mass is 9.99. The zero-order valence-corrected chi connectivity index (χ0v) is 12.6. The minimum absolute atomic E-state index is 0.0887. The molecule has 0 amide bonds. The molecule has 2 aromatic carbocycles. The van der Waals surface area contributed by atoms with E-state index >= 15 is 0 Å². The smallest absolute Gasteiger partial charge is 0.0849 e. The van der Waals surface area contributed by atoms with Crippen molar-refractivity contribution in [2.24, 2.45) is 0 Å². The maximum absolute atomic E-state index is 6.60. The Balaban J connectivity index is 2.21. The molecule has 1 atom stereocenters. The van der Waals surface area contributed by atoms with Gasteiger partial charge in [0.1, 0.15) is 0 Å². The monoisotopic (exact) mass is 336 g/mol. The van der Waals surface area contributed by atoms with Gasteiger partial charge in [-0.05, 0) is 44.8 Å². The highest BCUT2D eigenvalue weighted by molar-refractivity contribution is 9.10. The van der Waals surface area contributed by atoms with E-state index in [-0.39, 0.29) is 5.38 Å². The van der Waals surface area contributed by atoms with E-state index in [1.54, 1.807) is 11.3 Å². The Bertz CT molecular complexity index is 676. The van der Waals surface area contributed by atoms with Gasteiger partial charge in [0.05, 0.1) is 5.38 Å². The van der Waals surface area contributed by atoms with Crippen molar-refractivity contribution in [1.82, 2.24) is 0 Å². The highest BCUT2D eigenvalue weighted by Crippen LogP contribution is 2.37. The molecule has 0 nitrogen and oxygen atoms in total. The average Bonchev–Trinajstić information content (AvgIpc) is 2.93. The summed E-state index contributed by atoms with van der Waals surface area (Å²) in [5, 5.41) is 6.49. The van der Waals surface area contributed by atoms with Crippen molar-refractivity contribution in [3.8, 4) is 0 Å². The first kappa shape index (κ1) is 12.2. The first-order valence-corrected chi connectivity index (χ1v) is 7.78. The quantitative estimate of drug-likeness (QED) is 0.504. The molecule has 0 bridgehead atoms. The number of benzene rings is 2. The average molecular weight is 338 g/mol. The molecule has 0 radical (unpaired) electrons. The second kappa shape index (κ2) is 5.04. The molecule has 90 valence electrons. The van der Waals surface area contributed by atoms with E-state index < -0.39 is 0 Å². The Hall–Kier alpha value is -0.830. The van der Waals surface area contributed by atoms with Crippen molar-refractivity contribution in [3.05, 3.63) is 68.8 Å². The fourth-order valence-electron chi connectivity index (χ4n) is 2.11. The third-order valence-corrected chi connectivity index (χ3v) is 4.89. The van der Waals surface area contributed by atoms with Crippen LogP contribution in [-0.4, -0.2) is 0 Å². The number of hydrogen-bond acceptors (Lipinski definition) is 1. The van der Waals surface area contributed by atoms with E-state index in [4.69, 9.17) is 11.6 Å². The Morgan fingerprint density at radius 2 is 1.78 bits per heavy atom. The summed E-state index contributed by atoms with van der Waals surface area (Å²) in [6.07, 6.45) is 0. The summed E-state index contributed by atoms with van der Waals surface area (Å²) < 4.78 is 1.11. The van der Waals surface area contributed by atoms with Gasteiger partial charge in [-0.2, -0.15) is 11.3 Å². The molecule has 0 saturated carbocycles. The normalized spacial score (nSPS) is 12.8. The third kappa shape index (κ3) is 2.09. The lowest BCUT2D eigenvalue weighted by Crippen LogP contribution is -1.93. The van der Waals surface area contributed by atoms with Crippen molar-refractivity contribution >= 4 is 49.6 Å². The van der Waals surface area contributed by atoms with Crippen LogP contribution in [-0.2, 0) is 0 Å². The lowest BCUT2D eigenvalue weighted by Gasteiger charge is -2.12. The van der Waals surface area contributed by atoms with Crippen LogP contribution in [0.5, 0.6) is 0 Å². The molecule has 3 heteroatoms. The summed E-state index contributed by atoms with van der Waals surface area (Å²) in [6.45, 7) is 0. The van der Waals surface area contributed by atoms with E-state index in [1.807, 2.05) is 6.07 Å². The van der Waals surface area contributed by atoms with Gasteiger partial charge in [0.25, 0.3) is 0 Å². The van der Waals surface area contributed by atoms with Gasteiger partial charge in [-0.3, -0.25) is 0 Å². The summed E-state index contributed by atoms with van der Waals surface area (Å²) in [4.78, 5) is 0. The van der Waals surface area contributed by atoms with Crippen LogP contribution in [0, 0.1) is 0 Å². The molecule has 0 aliphatic carbocycles. The van der Waals surface area contributed by atoms with Crippen LogP contribution in [0.15, 0.2) is 57.7 Å². The van der Waals surface area contributed by atoms with E-state index in [1.165, 1.54) is 10.8 Å². The molecule has 3 aromatic rings. The molecule has 0 aliphatic rings. The molecule has 1 unspecified atom stereocenters. The molecule has 0 saturated heterocycles. The second-order valence-corrected chi connectivity index (χ2v) is 6.17. The fraction of sp³-hybridized carbons (Fsp3) is 0.0667. The van der Waals surface area contributed by atoms with E-state index in [0.717, 1.165) is 15.6 Å². The topological polar surface area (TPSA) is 0 Å². The zero-order valence-electron chi connectivity index (χ0n) is 9.44. The van der Waals surface area contributed by atoms with Crippen molar-refractivity contribution in [2.75, 3.05) is 0 Å². The minimum Gasteiger partial charge on any atom is -0.152 e. The van der Waals surface area contributed by atoms with Crippen LogP contribution in [0.2, 0.25) is 0 Å². The molecule has 1 heterocycles. The number of rotatable bonds is 2. The molecule has 0 fully saturated rings. The van der Waals surface area contributed by atoms with Gasteiger partial charge in [-0.25, -0.2) is 0 Å². The van der Waals surface area contributed by atoms with Crippen LogP contribution in [0.3, 0.4) is 0 Å². The van der Waals surface area contributed by atoms with E-state index in [0.29, 0.717) is 0 Å². The van der Waals surface area contributed by atoms with Gasteiger partial charge in [0, 0.05) is 4.47 Å². The third-order valence-electron chi connectivity index (χ3n) is 3.01. The summed E-state index contributed by atoms with van der Waals surface area (Å²) in [5.41, 5.74) is 2.32. The van der Waals surface area contributed by atoms with Crippen LogP contribution >= 0.6 is 38.9 Å². The molecule has 0 aliphatic heterocycles. The van der Waals surface area contributed by atoms with Crippen molar-refractivity contribution in [2.45, 2.75) is 5.38 Å². The van der Waals surface area contributed by atoms with Gasteiger partial charge < -0.3 is 0 Å². The van der Waals surface area contributed by atoms with Gasteiger partial charge in [-0.15, -0.1) is 11.6 Å². The van der Waals surface area contributed by atoms with Crippen LogP contribution < -0.4 is 0 Å². The van der Waals surface area contributed by atoms with Crippen molar-refractivity contribution in [1.29, 1.82) is 0 Å². The molecule has 3 rings (SSSR count). The van der Waals surface area contributed by atoms with Gasteiger partial charge in [0.2, 0.25) is 0 Å². The highest BCUT2D eigenvalue weighted by atomic mass is 79.9. The molecule has 1 aromatic heterocycles. The highest BCUT2D eigenvalue weighted by Gasteiger charge is 2.14. The van der Waals surface area contributed by atoms with Crippen molar-refractivity contribution in [3.63, 3.8) is 0 Å². The summed E-state index contributed by atoms with van der Waals surface area (Å²) in [7, 11) is 0. The predicted molar refractivity (Wildman–Crippen MR) is 83.7 cm³/mol. The van der Waals surface area contributed by atoms with E-state index in [2.05, 4.69) is 63.1 Å². The first-order valence-electron chi connectivity index (χ1n) is 5.60. The fourth-order valence-corrected chi connectivity index (χ4v) is 3.67. The summed E-state index contributed by atoms with van der Waals surface area (Å²) >= 11 is 11.9. The van der Waals surface area contributed by atoms with E-state index in [9.17, 15) is 0 Å². The molecular weight excluding hydrogens is 328 g/mol. The number of halogens is 2. The van der Waals surface area contributed by atoms with Crippen LogP contribution in [0.1, 0.15) is 16.5 Å². The number of hydrogen-bond donors (Lipinski definition) is 0. The molecule has 0 N–H and O–H groups in total. The zero-order chi connectivity index (χ0) is 12.5. The second-order valence-electron chi connectivity index (χ2n) is 4.10. The Kier molecular flexibility index (Phi) is 3.42. The number of fused-ring (bicyclic) bond motifs is 1. The Morgan fingerprint density at radius 1 is 1.00 bits per heavy atom. The molecule has 0 spiro atoms. The standard InChI is InChI=1S/C15H10BrClS/c16-14-6-5-13(11-3-1-2-4-12(11)14)15(17)10-7-8-18-9-10/h1-9,15H. The van der Waals surface area contributed by atoms with Crippen molar-refractivity contribution < 1.29 is 0 Å². The van der Waals surface area contributed by atoms with Gasteiger partial charge >= 0.3 is 0 Å². The van der Waals surface area contributed by atoms with Crippen LogP contribution in [0.4, 0.5) is 0 Å². The SMILES string of the molecule is ClC(c1ccsc1)c1ccc(Br)c2ccccc12.